The predicted octanol–water partition coefficient (Wildman–Crippen LogP) is 2.13. The van der Waals surface area contributed by atoms with Gasteiger partial charge in [-0.3, -0.25) is 0 Å². The van der Waals surface area contributed by atoms with E-state index in [1.54, 1.807) is 6.07 Å². The van der Waals surface area contributed by atoms with Crippen molar-refractivity contribution >= 4 is 0 Å². The van der Waals surface area contributed by atoms with Crippen molar-refractivity contribution in [1.29, 1.82) is 0 Å². The maximum absolute atomic E-state index is 9.81. The van der Waals surface area contributed by atoms with Gasteiger partial charge in [-0.2, -0.15) is 0 Å². The molecule has 3 nitrogen and oxygen atoms in total. The monoisotopic (exact) mass is 247 g/mol. The summed E-state index contributed by atoms with van der Waals surface area (Å²) in [6.07, 6.45) is 5.43. The zero-order chi connectivity index (χ0) is 12.6. The Morgan fingerprint density at radius 1 is 1.33 bits per heavy atom. The smallest absolute Gasteiger partial charge is 0.119 e. The first-order valence-corrected chi connectivity index (χ1v) is 6.89. The second-order valence-corrected chi connectivity index (χ2v) is 5.79. The van der Waals surface area contributed by atoms with Crippen LogP contribution in [0.25, 0.3) is 0 Å². The fraction of sp³-hybridized carbons (Fsp3) is 0.600. The van der Waals surface area contributed by atoms with Crippen molar-refractivity contribution in [3.8, 4) is 5.75 Å². The third-order valence-electron chi connectivity index (χ3n) is 4.57. The van der Waals surface area contributed by atoms with E-state index in [1.807, 2.05) is 6.07 Å². The van der Waals surface area contributed by atoms with E-state index in [9.17, 15) is 5.11 Å². The Hall–Kier alpha value is -1.06. The lowest BCUT2D eigenvalue weighted by atomic mass is 10.0. The van der Waals surface area contributed by atoms with Gasteiger partial charge >= 0.3 is 0 Å². The van der Waals surface area contributed by atoms with Crippen molar-refractivity contribution in [3.63, 3.8) is 0 Å². The van der Waals surface area contributed by atoms with Crippen LogP contribution in [-0.2, 0) is 6.42 Å². The minimum atomic E-state index is 0.295. The van der Waals surface area contributed by atoms with E-state index in [4.69, 9.17) is 5.11 Å². The molecule has 0 saturated heterocycles. The van der Waals surface area contributed by atoms with Gasteiger partial charge in [0.15, 0.2) is 0 Å². The molecule has 3 heteroatoms. The molecule has 2 aliphatic carbocycles. The van der Waals surface area contributed by atoms with Crippen LogP contribution >= 0.6 is 0 Å². The van der Waals surface area contributed by atoms with Gasteiger partial charge in [-0.15, -0.1) is 0 Å². The Balaban J connectivity index is 1.65. The number of rotatable bonds is 5. The van der Waals surface area contributed by atoms with Crippen molar-refractivity contribution in [1.82, 2.24) is 5.32 Å². The Labute approximate surface area is 108 Å². The van der Waals surface area contributed by atoms with Crippen molar-refractivity contribution in [2.75, 3.05) is 13.2 Å². The van der Waals surface area contributed by atoms with Crippen LogP contribution in [0.2, 0.25) is 0 Å². The van der Waals surface area contributed by atoms with Crippen LogP contribution in [-0.4, -0.2) is 23.4 Å². The van der Waals surface area contributed by atoms with Gasteiger partial charge in [0.2, 0.25) is 0 Å². The normalized spacial score (nSPS) is 23.9. The first kappa shape index (κ1) is 12.0. The van der Waals surface area contributed by atoms with E-state index in [1.165, 1.54) is 18.4 Å². The second kappa shape index (κ2) is 4.56. The minimum absolute atomic E-state index is 0.295. The molecule has 0 heterocycles. The highest BCUT2D eigenvalue weighted by atomic mass is 16.3. The summed E-state index contributed by atoms with van der Waals surface area (Å²) in [6.45, 7) is 1.29. The summed E-state index contributed by atoms with van der Waals surface area (Å²) in [4.78, 5) is 0. The number of hydrogen-bond donors (Lipinski definition) is 3. The maximum atomic E-state index is 9.81. The predicted molar refractivity (Wildman–Crippen MR) is 70.5 cm³/mol. The zero-order valence-electron chi connectivity index (χ0n) is 10.7. The molecule has 1 aromatic rings. The van der Waals surface area contributed by atoms with E-state index in [0.717, 1.165) is 31.4 Å². The number of aliphatic hydroxyl groups excluding tert-OH is 1. The van der Waals surface area contributed by atoms with Crippen LogP contribution < -0.4 is 5.32 Å². The summed E-state index contributed by atoms with van der Waals surface area (Å²) in [6, 6.07) is 6.19. The van der Waals surface area contributed by atoms with E-state index < -0.39 is 0 Å². The van der Waals surface area contributed by atoms with Gasteiger partial charge in [-0.25, -0.2) is 0 Å². The SMILES string of the molecule is OCCC1(CNC2CCc3c(O)cccc32)CC1. The lowest BCUT2D eigenvalue weighted by Gasteiger charge is -2.19. The third kappa shape index (κ3) is 2.13. The molecule has 1 saturated carbocycles. The van der Waals surface area contributed by atoms with Crippen LogP contribution in [0.3, 0.4) is 0 Å². The number of aromatic hydroxyl groups is 1. The van der Waals surface area contributed by atoms with Gasteiger partial charge < -0.3 is 15.5 Å². The lowest BCUT2D eigenvalue weighted by molar-refractivity contribution is 0.242. The molecule has 1 unspecified atom stereocenters. The molecule has 18 heavy (non-hydrogen) atoms. The highest BCUT2D eigenvalue weighted by Gasteiger charge is 2.42. The summed E-state index contributed by atoms with van der Waals surface area (Å²) in [7, 11) is 0. The van der Waals surface area contributed by atoms with Crippen molar-refractivity contribution in [2.45, 2.75) is 38.1 Å². The van der Waals surface area contributed by atoms with E-state index >= 15 is 0 Å². The summed E-state index contributed by atoms with van der Waals surface area (Å²) >= 11 is 0. The molecule has 3 N–H and O–H groups in total. The molecule has 0 radical (unpaired) electrons. The third-order valence-corrected chi connectivity index (χ3v) is 4.57. The summed E-state index contributed by atoms with van der Waals surface area (Å²) < 4.78 is 0. The van der Waals surface area contributed by atoms with E-state index in [2.05, 4.69) is 11.4 Å². The number of fused-ring (bicyclic) bond motifs is 1. The van der Waals surface area contributed by atoms with Gasteiger partial charge in [0.1, 0.15) is 5.75 Å². The van der Waals surface area contributed by atoms with Crippen molar-refractivity contribution in [2.24, 2.45) is 5.41 Å². The van der Waals surface area contributed by atoms with Gasteiger partial charge in [0, 0.05) is 19.2 Å². The topological polar surface area (TPSA) is 52.5 Å². The molecular formula is C15H21NO2. The number of nitrogens with one attached hydrogen (secondary N) is 1. The summed E-state index contributed by atoms with van der Waals surface area (Å²) in [5.74, 6) is 0.438. The fourth-order valence-electron chi connectivity index (χ4n) is 3.12. The van der Waals surface area contributed by atoms with Gasteiger partial charge in [0.25, 0.3) is 0 Å². The zero-order valence-corrected chi connectivity index (χ0v) is 10.7. The Morgan fingerprint density at radius 2 is 2.17 bits per heavy atom. The Bertz CT molecular complexity index is 440. The molecule has 0 aliphatic heterocycles. The number of hydrogen-bond acceptors (Lipinski definition) is 3. The molecule has 0 amide bonds. The van der Waals surface area contributed by atoms with Gasteiger partial charge in [0.05, 0.1) is 0 Å². The standard InChI is InChI=1S/C15H21NO2/c17-9-8-15(6-7-15)10-16-13-5-4-12-11(13)2-1-3-14(12)18/h1-3,13,16-18H,4-10H2. The highest BCUT2D eigenvalue weighted by molar-refractivity contribution is 5.44. The molecular weight excluding hydrogens is 226 g/mol. The average molecular weight is 247 g/mol. The fourth-order valence-corrected chi connectivity index (χ4v) is 3.12. The molecule has 1 atom stereocenters. The van der Waals surface area contributed by atoms with Crippen LogP contribution in [0.4, 0.5) is 0 Å². The second-order valence-electron chi connectivity index (χ2n) is 5.79. The number of benzene rings is 1. The Morgan fingerprint density at radius 3 is 2.89 bits per heavy atom. The van der Waals surface area contributed by atoms with Crippen LogP contribution in [0, 0.1) is 5.41 Å². The molecule has 1 aromatic carbocycles. The van der Waals surface area contributed by atoms with Crippen molar-refractivity contribution < 1.29 is 10.2 Å². The molecule has 1 fully saturated rings. The largest absolute Gasteiger partial charge is 0.508 e. The van der Waals surface area contributed by atoms with Crippen LogP contribution in [0.5, 0.6) is 5.75 Å². The average Bonchev–Trinajstić information content (AvgIpc) is 3.00. The quantitative estimate of drug-likeness (QED) is 0.747. The highest BCUT2D eigenvalue weighted by Crippen LogP contribution is 2.48. The minimum Gasteiger partial charge on any atom is -0.508 e. The van der Waals surface area contributed by atoms with Gasteiger partial charge in [-0.1, -0.05) is 12.1 Å². The number of phenols is 1. The molecule has 0 aromatic heterocycles. The van der Waals surface area contributed by atoms with Gasteiger partial charge in [-0.05, 0) is 54.7 Å². The first-order chi connectivity index (χ1) is 8.74. The summed E-state index contributed by atoms with van der Waals surface area (Å²) in [5.41, 5.74) is 2.73. The molecule has 98 valence electrons. The maximum Gasteiger partial charge on any atom is 0.119 e. The molecule has 0 spiro atoms. The van der Waals surface area contributed by atoms with Crippen molar-refractivity contribution in [3.05, 3.63) is 29.3 Å². The summed E-state index contributed by atoms with van der Waals surface area (Å²) in [5, 5.41) is 22.5. The van der Waals surface area contributed by atoms with E-state index in [-0.39, 0.29) is 0 Å². The van der Waals surface area contributed by atoms with Crippen LogP contribution in [0.15, 0.2) is 18.2 Å². The first-order valence-electron chi connectivity index (χ1n) is 6.89. The lowest BCUT2D eigenvalue weighted by Crippen LogP contribution is -2.27. The molecule has 2 aliphatic rings. The molecule has 0 bridgehead atoms. The Kier molecular flexibility index (Phi) is 3.04. The number of phenolic OH excluding ortho intramolecular Hbond substituents is 1. The number of aliphatic hydroxyl groups is 1. The molecule has 3 rings (SSSR count). The van der Waals surface area contributed by atoms with E-state index in [0.29, 0.717) is 23.8 Å². The van der Waals surface area contributed by atoms with Crippen LogP contribution in [0.1, 0.15) is 42.9 Å².